The number of carboxylic acid groups (broad SMARTS) is 1. The quantitative estimate of drug-likeness (QED) is 0.907. The third kappa shape index (κ3) is 3.47. The van der Waals surface area contributed by atoms with Gasteiger partial charge in [-0.3, -0.25) is 0 Å². The van der Waals surface area contributed by atoms with Crippen molar-refractivity contribution in [3.8, 4) is 0 Å². The topological polar surface area (TPSA) is 49.8 Å². The maximum absolute atomic E-state index is 10.9. The van der Waals surface area contributed by atoms with Crippen molar-refractivity contribution in [2.75, 3.05) is 24.6 Å². The van der Waals surface area contributed by atoms with Crippen LogP contribution in [0.3, 0.4) is 0 Å². The van der Waals surface area contributed by atoms with E-state index >= 15 is 0 Å². The average Bonchev–Trinajstić information content (AvgIpc) is 2.70. The second kappa shape index (κ2) is 5.21. The maximum atomic E-state index is 10.9. The Labute approximate surface area is 114 Å². The van der Waals surface area contributed by atoms with E-state index in [2.05, 4.69) is 4.90 Å². The number of hydrogen-bond acceptors (Lipinski definition) is 3. The fourth-order valence-corrected chi connectivity index (χ4v) is 2.30. The van der Waals surface area contributed by atoms with Crippen molar-refractivity contribution in [1.29, 1.82) is 0 Å². The highest BCUT2D eigenvalue weighted by molar-refractivity contribution is 5.88. The second-order valence-electron chi connectivity index (χ2n) is 5.85. The van der Waals surface area contributed by atoms with E-state index in [1.807, 2.05) is 26.8 Å². The minimum atomic E-state index is -0.864. The first kappa shape index (κ1) is 13.9. The van der Waals surface area contributed by atoms with Gasteiger partial charge in [0.2, 0.25) is 0 Å². The molecule has 1 aliphatic heterocycles. The van der Waals surface area contributed by atoms with Gasteiger partial charge in [0.05, 0.1) is 17.8 Å². The van der Waals surface area contributed by atoms with Gasteiger partial charge in [-0.15, -0.1) is 0 Å². The van der Waals surface area contributed by atoms with Crippen LogP contribution in [-0.2, 0) is 11.2 Å². The van der Waals surface area contributed by atoms with Crippen LogP contribution in [0.2, 0.25) is 0 Å². The molecule has 1 aromatic rings. The van der Waals surface area contributed by atoms with Crippen molar-refractivity contribution in [3.05, 3.63) is 29.3 Å². The summed E-state index contributed by atoms with van der Waals surface area (Å²) in [5.74, 6) is -0.864. The molecule has 0 saturated heterocycles. The summed E-state index contributed by atoms with van der Waals surface area (Å²) < 4.78 is 5.73. The van der Waals surface area contributed by atoms with Gasteiger partial charge in [-0.2, -0.15) is 0 Å². The van der Waals surface area contributed by atoms with Crippen LogP contribution >= 0.6 is 0 Å². The minimum absolute atomic E-state index is 0.115. The molecule has 0 fully saturated rings. The predicted octanol–water partition coefficient (Wildman–Crippen LogP) is 2.56. The lowest BCUT2D eigenvalue weighted by Crippen LogP contribution is -2.29. The number of carboxylic acids is 1. The molecule has 19 heavy (non-hydrogen) atoms. The summed E-state index contributed by atoms with van der Waals surface area (Å²) in [4.78, 5) is 13.2. The number of anilines is 1. The van der Waals surface area contributed by atoms with Gasteiger partial charge in [-0.1, -0.05) is 0 Å². The van der Waals surface area contributed by atoms with E-state index in [4.69, 9.17) is 9.84 Å². The molecule has 0 aromatic heterocycles. The molecular weight excluding hydrogens is 242 g/mol. The Morgan fingerprint density at radius 1 is 1.42 bits per heavy atom. The first-order valence-electron chi connectivity index (χ1n) is 6.62. The highest BCUT2D eigenvalue weighted by Gasteiger charge is 2.20. The van der Waals surface area contributed by atoms with Gasteiger partial charge >= 0.3 is 5.97 Å². The zero-order valence-electron chi connectivity index (χ0n) is 11.8. The highest BCUT2D eigenvalue weighted by Crippen LogP contribution is 2.28. The number of hydrogen-bond donors (Lipinski definition) is 1. The first-order chi connectivity index (χ1) is 8.87. The summed E-state index contributed by atoms with van der Waals surface area (Å²) in [6.07, 6.45) is 0.909. The van der Waals surface area contributed by atoms with Crippen molar-refractivity contribution in [2.45, 2.75) is 32.8 Å². The van der Waals surface area contributed by atoms with Crippen LogP contribution in [0.15, 0.2) is 18.2 Å². The number of fused-ring (bicyclic) bond motifs is 1. The van der Waals surface area contributed by atoms with E-state index in [9.17, 15) is 4.79 Å². The Balaban J connectivity index is 2.00. The van der Waals surface area contributed by atoms with Crippen LogP contribution in [0.5, 0.6) is 0 Å². The van der Waals surface area contributed by atoms with Crippen LogP contribution in [0.25, 0.3) is 0 Å². The summed E-state index contributed by atoms with van der Waals surface area (Å²) in [5, 5.41) is 8.98. The van der Waals surface area contributed by atoms with E-state index in [-0.39, 0.29) is 5.60 Å². The molecule has 0 radical (unpaired) electrons. The zero-order chi connectivity index (χ0) is 14.0. The van der Waals surface area contributed by atoms with Crippen molar-refractivity contribution < 1.29 is 14.6 Å². The summed E-state index contributed by atoms with van der Waals surface area (Å²) in [7, 11) is 0. The Bertz CT molecular complexity index is 477. The lowest BCUT2D eigenvalue weighted by atomic mass is 10.1. The smallest absolute Gasteiger partial charge is 0.335 e. The van der Waals surface area contributed by atoms with E-state index in [1.165, 1.54) is 0 Å². The molecule has 4 nitrogen and oxygen atoms in total. The third-order valence-corrected chi connectivity index (χ3v) is 3.21. The molecular formula is C15H21NO3. The van der Waals surface area contributed by atoms with Gasteiger partial charge in [0.1, 0.15) is 0 Å². The molecule has 0 unspecified atom stereocenters. The molecule has 0 atom stereocenters. The maximum Gasteiger partial charge on any atom is 0.335 e. The number of rotatable bonds is 4. The van der Waals surface area contributed by atoms with Gasteiger partial charge in [0, 0.05) is 18.8 Å². The summed E-state index contributed by atoms with van der Waals surface area (Å²) in [6, 6.07) is 5.36. The molecule has 1 aromatic carbocycles. The van der Waals surface area contributed by atoms with E-state index in [0.717, 1.165) is 30.8 Å². The van der Waals surface area contributed by atoms with Crippen LogP contribution < -0.4 is 4.90 Å². The molecule has 2 rings (SSSR count). The molecule has 0 bridgehead atoms. The molecule has 0 saturated carbocycles. The standard InChI is InChI=1S/C15H21NO3/c1-15(2,3)19-9-8-16-7-6-11-10-12(14(17)18)4-5-13(11)16/h4-5,10H,6-9H2,1-3H3,(H,17,18). The van der Waals surface area contributed by atoms with Crippen molar-refractivity contribution in [3.63, 3.8) is 0 Å². The zero-order valence-corrected chi connectivity index (χ0v) is 11.8. The largest absolute Gasteiger partial charge is 0.478 e. The summed E-state index contributed by atoms with van der Waals surface area (Å²) in [6.45, 7) is 8.60. The first-order valence-corrected chi connectivity index (χ1v) is 6.62. The average molecular weight is 263 g/mol. The number of aromatic carboxylic acids is 1. The van der Waals surface area contributed by atoms with E-state index in [1.54, 1.807) is 12.1 Å². The molecule has 0 amide bonds. The SMILES string of the molecule is CC(C)(C)OCCN1CCc2cc(C(=O)O)ccc21. The Morgan fingerprint density at radius 2 is 2.16 bits per heavy atom. The molecule has 1 aliphatic rings. The Hall–Kier alpha value is -1.55. The van der Waals surface area contributed by atoms with Gasteiger partial charge in [-0.25, -0.2) is 4.79 Å². The molecule has 1 N–H and O–H groups in total. The highest BCUT2D eigenvalue weighted by atomic mass is 16.5. The van der Waals surface area contributed by atoms with Crippen molar-refractivity contribution >= 4 is 11.7 Å². The van der Waals surface area contributed by atoms with E-state index < -0.39 is 5.97 Å². The van der Waals surface area contributed by atoms with Gasteiger partial charge in [0.25, 0.3) is 0 Å². The monoisotopic (exact) mass is 263 g/mol. The van der Waals surface area contributed by atoms with Crippen LogP contribution in [0, 0.1) is 0 Å². The van der Waals surface area contributed by atoms with Crippen molar-refractivity contribution in [2.24, 2.45) is 0 Å². The summed E-state index contributed by atoms with van der Waals surface area (Å²) >= 11 is 0. The minimum Gasteiger partial charge on any atom is -0.478 e. The molecule has 104 valence electrons. The summed E-state index contributed by atoms with van der Waals surface area (Å²) in [5.41, 5.74) is 2.51. The molecule has 0 aliphatic carbocycles. The molecule has 1 heterocycles. The number of carbonyl (C=O) groups is 1. The fourth-order valence-electron chi connectivity index (χ4n) is 2.30. The predicted molar refractivity (Wildman–Crippen MR) is 75.0 cm³/mol. The van der Waals surface area contributed by atoms with Gasteiger partial charge < -0.3 is 14.7 Å². The van der Waals surface area contributed by atoms with Gasteiger partial charge in [0.15, 0.2) is 0 Å². The van der Waals surface area contributed by atoms with Crippen LogP contribution in [0.4, 0.5) is 5.69 Å². The lowest BCUT2D eigenvalue weighted by Gasteiger charge is -2.24. The molecule has 4 heteroatoms. The van der Waals surface area contributed by atoms with E-state index in [0.29, 0.717) is 12.2 Å². The second-order valence-corrected chi connectivity index (χ2v) is 5.85. The molecule has 0 spiro atoms. The third-order valence-electron chi connectivity index (χ3n) is 3.21. The number of nitrogens with zero attached hydrogens (tertiary/aromatic N) is 1. The Morgan fingerprint density at radius 3 is 2.79 bits per heavy atom. The fraction of sp³-hybridized carbons (Fsp3) is 0.533. The normalized spacial score (nSPS) is 14.6. The van der Waals surface area contributed by atoms with Crippen molar-refractivity contribution in [1.82, 2.24) is 0 Å². The number of benzene rings is 1. The van der Waals surface area contributed by atoms with Crippen LogP contribution in [0.1, 0.15) is 36.7 Å². The lowest BCUT2D eigenvalue weighted by molar-refractivity contribution is 0.00147. The number of ether oxygens (including phenoxy) is 1. The van der Waals surface area contributed by atoms with Crippen LogP contribution in [-0.4, -0.2) is 36.4 Å². The Kier molecular flexibility index (Phi) is 3.80. The van der Waals surface area contributed by atoms with Gasteiger partial charge in [-0.05, 0) is 51.0 Å².